The number of esters is 1. The van der Waals surface area contributed by atoms with Crippen LogP contribution in [0.25, 0.3) is 0 Å². The molecule has 0 rings (SSSR count). The maximum Gasteiger partial charge on any atom is 0.306 e. The minimum atomic E-state index is -0.865. The molecule has 88 valence electrons. The number of ether oxygens (including phenoxy) is 1. The van der Waals surface area contributed by atoms with Gasteiger partial charge < -0.3 is 4.74 Å². The highest BCUT2D eigenvalue weighted by atomic mass is 16.6. The number of hydrogen-bond acceptors (Lipinski definition) is 3. The average Bonchev–Trinajstić information content (AvgIpc) is 2.18. The van der Waals surface area contributed by atoms with Gasteiger partial charge >= 0.3 is 5.97 Å². The van der Waals surface area contributed by atoms with Crippen LogP contribution in [0.2, 0.25) is 0 Å². The fourth-order valence-corrected chi connectivity index (χ4v) is 1.70. The number of hydrogen-bond donors (Lipinski definition) is 0. The zero-order valence-corrected chi connectivity index (χ0v) is 10.0. The first-order chi connectivity index (χ1) is 7.14. The van der Waals surface area contributed by atoms with Gasteiger partial charge in [0.1, 0.15) is 0 Å². The first kappa shape index (κ1) is 14.1. The highest BCUT2D eigenvalue weighted by Crippen LogP contribution is 2.23. The van der Waals surface area contributed by atoms with Gasteiger partial charge in [0.15, 0.2) is 11.9 Å². The number of rotatable bonds is 8. The summed E-state index contributed by atoms with van der Waals surface area (Å²) in [5, 5.41) is 0. The second-order valence-corrected chi connectivity index (χ2v) is 3.91. The fraction of sp³-hybridized carbons (Fsp3) is 0.833. The van der Waals surface area contributed by atoms with Crippen LogP contribution in [0.5, 0.6) is 0 Å². The standard InChI is InChI=1S/C12H22O3/c1-4-7-11(14)15-12(10-13,8-5-2)9-6-3/h10H,4-9H2,1-3H3. The Kier molecular flexibility index (Phi) is 7.01. The van der Waals surface area contributed by atoms with Crippen molar-refractivity contribution < 1.29 is 14.3 Å². The molecule has 0 aliphatic rings. The molecule has 0 unspecified atom stereocenters. The van der Waals surface area contributed by atoms with Crippen molar-refractivity contribution in [2.75, 3.05) is 0 Å². The summed E-state index contributed by atoms with van der Waals surface area (Å²) in [4.78, 5) is 22.5. The number of aldehydes is 1. The second-order valence-electron chi connectivity index (χ2n) is 3.91. The van der Waals surface area contributed by atoms with Crippen LogP contribution in [-0.4, -0.2) is 17.9 Å². The molecule has 0 atom stereocenters. The van der Waals surface area contributed by atoms with E-state index in [1.165, 1.54) is 0 Å². The molecule has 0 radical (unpaired) electrons. The van der Waals surface area contributed by atoms with Gasteiger partial charge in [0.2, 0.25) is 0 Å². The zero-order chi connectivity index (χ0) is 11.7. The van der Waals surface area contributed by atoms with Crippen molar-refractivity contribution in [2.45, 2.75) is 64.9 Å². The molecule has 0 aromatic rings. The molecule has 0 bridgehead atoms. The average molecular weight is 214 g/mol. The third-order valence-corrected chi connectivity index (χ3v) is 2.33. The monoisotopic (exact) mass is 214 g/mol. The summed E-state index contributed by atoms with van der Waals surface area (Å²) in [5.74, 6) is -0.258. The maximum absolute atomic E-state index is 11.4. The number of carbonyl (C=O) groups excluding carboxylic acids is 2. The van der Waals surface area contributed by atoms with Crippen LogP contribution in [0.15, 0.2) is 0 Å². The smallest absolute Gasteiger partial charge is 0.306 e. The Hall–Kier alpha value is -0.860. The molecule has 0 spiro atoms. The van der Waals surface area contributed by atoms with Gasteiger partial charge in [-0.05, 0) is 19.3 Å². The molecule has 0 aliphatic heterocycles. The van der Waals surface area contributed by atoms with Crippen molar-refractivity contribution in [2.24, 2.45) is 0 Å². The number of carbonyl (C=O) groups is 2. The van der Waals surface area contributed by atoms with Crippen molar-refractivity contribution in [1.29, 1.82) is 0 Å². The van der Waals surface area contributed by atoms with Gasteiger partial charge in [0.25, 0.3) is 0 Å². The van der Waals surface area contributed by atoms with Crippen LogP contribution in [-0.2, 0) is 14.3 Å². The lowest BCUT2D eigenvalue weighted by Gasteiger charge is -2.27. The van der Waals surface area contributed by atoms with E-state index in [0.717, 1.165) is 25.5 Å². The summed E-state index contributed by atoms with van der Waals surface area (Å²) in [6.45, 7) is 5.90. The Bertz CT molecular complexity index is 193. The van der Waals surface area contributed by atoms with E-state index in [4.69, 9.17) is 4.74 Å². The van der Waals surface area contributed by atoms with Crippen molar-refractivity contribution in [3.8, 4) is 0 Å². The lowest BCUT2D eigenvalue weighted by molar-refractivity contribution is -0.164. The van der Waals surface area contributed by atoms with Crippen LogP contribution in [0.3, 0.4) is 0 Å². The van der Waals surface area contributed by atoms with Crippen LogP contribution in [0.1, 0.15) is 59.3 Å². The molecule has 3 heteroatoms. The van der Waals surface area contributed by atoms with Gasteiger partial charge in [-0.15, -0.1) is 0 Å². The van der Waals surface area contributed by atoms with Gasteiger partial charge in [-0.25, -0.2) is 0 Å². The molecule has 0 aromatic heterocycles. The third-order valence-electron chi connectivity index (χ3n) is 2.33. The zero-order valence-electron chi connectivity index (χ0n) is 10.0. The maximum atomic E-state index is 11.4. The Labute approximate surface area is 92.2 Å². The summed E-state index contributed by atoms with van der Waals surface area (Å²) < 4.78 is 5.30. The molecule has 0 fully saturated rings. The summed E-state index contributed by atoms with van der Waals surface area (Å²) in [7, 11) is 0. The molecule has 0 saturated carbocycles. The lowest BCUT2D eigenvalue weighted by atomic mass is 9.94. The molecule has 15 heavy (non-hydrogen) atoms. The highest BCUT2D eigenvalue weighted by molar-refractivity contribution is 5.74. The third kappa shape index (κ3) is 4.96. The molecule has 0 aliphatic carbocycles. The molecule has 3 nitrogen and oxygen atoms in total. The van der Waals surface area contributed by atoms with E-state index >= 15 is 0 Å². The van der Waals surface area contributed by atoms with Crippen molar-refractivity contribution in [3.05, 3.63) is 0 Å². The van der Waals surface area contributed by atoms with Gasteiger partial charge in [0, 0.05) is 6.42 Å². The van der Waals surface area contributed by atoms with E-state index in [1.54, 1.807) is 0 Å². The Morgan fingerprint density at radius 3 is 2.00 bits per heavy atom. The fourth-order valence-electron chi connectivity index (χ4n) is 1.70. The van der Waals surface area contributed by atoms with Crippen LogP contribution in [0, 0.1) is 0 Å². The largest absolute Gasteiger partial charge is 0.451 e. The predicted octanol–water partition coefficient (Wildman–Crippen LogP) is 2.87. The van der Waals surface area contributed by atoms with Crippen LogP contribution < -0.4 is 0 Å². The van der Waals surface area contributed by atoms with Crippen LogP contribution in [0.4, 0.5) is 0 Å². The SMILES string of the molecule is CCCC(=O)OC(C=O)(CCC)CCC. The van der Waals surface area contributed by atoms with Gasteiger partial charge in [-0.3, -0.25) is 9.59 Å². The molecule has 0 N–H and O–H groups in total. The summed E-state index contributed by atoms with van der Waals surface area (Å²) in [6, 6.07) is 0. The van der Waals surface area contributed by atoms with E-state index in [0.29, 0.717) is 19.3 Å². The minimum absolute atomic E-state index is 0.258. The Balaban J connectivity index is 4.44. The summed E-state index contributed by atoms with van der Waals surface area (Å²) >= 11 is 0. The quantitative estimate of drug-likeness (QED) is 0.461. The van der Waals surface area contributed by atoms with Gasteiger partial charge in [0.05, 0.1) is 0 Å². The van der Waals surface area contributed by atoms with Gasteiger partial charge in [-0.1, -0.05) is 33.6 Å². The summed E-state index contributed by atoms with van der Waals surface area (Å²) in [6.07, 6.45) is 4.89. The van der Waals surface area contributed by atoms with Crippen molar-refractivity contribution in [3.63, 3.8) is 0 Å². The van der Waals surface area contributed by atoms with E-state index in [-0.39, 0.29) is 5.97 Å². The Morgan fingerprint density at radius 2 is 1.67 bits per heavy atom. The first-order valence-corrected chi connectivity index (χ1v) is 5.82. The molecular weight excluding hydrogens is 192 g/mol. The molecular formula is C12H22O3. The van der Waals surface area contributed by atoms with Crippen molar-refractivity contribution in [1.82, 2.24) is 0 Å². The van der Waals surface area contributed by atoms with E-state index in [1.807, 2.05) is 20.8 Å². The minimum Gasteiger partial charge on any atom is -0.451 e. The topological polar surface area (TPSA) is 43.4 Å². The molecule has 0 saturated heterocycles. The second kappa shape index (κ2) is 7.43. The van der Waals surface area contributed by atoms with E-state index < -0.39 is 5.60 Å². The summed E-state index contributed by atoms with van der Waals surface area (Å²) in [5.41, 5.74) is -0.865. The van der Waals surface area contributed by atoms with Crippen molar-refractivity contribution >= 4 is 12.3 Å². The Morgan fingerprint density at radius 1 is 1.13 bits per heavy atom. The van der Waals surface area contributed by atoms with Crippen LogP contribution >= 0.6 is 0 Å². The first-order valence-electron chi connectivity index (χ1n) is 5.82. The highest BCUT2D eigenvalue weighted by Gasteiger charge is 2.31. The normalized spacial score (nSPS) is 11.1. The molecule has 0 heterocycles. The predicted molar refractivity (Wildman–Crippen MR) is 59.6 cm³/mol. The van der Waals surface area contributed by atoms with E-state index in [2.05, 4.69) is 0 Å². The molecule has 0 amide bonds. The lowest BCUT2D eigenvalue weighted by Crippen LogP contribution is -2.36. The molecule has 0 aromatic carbocycles. The van der Waals surface area contributed by atoms with E-state index in [9.17, 15) is 9.59 Å². The van der Waals surface area contributed by atoms with Gasteiger partial charge in [-0.2, -0.15) is 0 Å².